The molecule has 1 saturated heterocycles. The number of carbonyl (C=O) groups is 1. The minimum atomic E-state index is 0.256. The third-order valence-corrected chi connectivity index (χ3v) is 3.21. The summed E-state index contributed by atoms with van der Waals surface area (Å²) in [6, 6.07) is 10.6. The van der Waals surface area contributed by atoms with Crippen LogP contribution in [-0.4, -0.2) is 23.9 Å². The van der Waals surface area contributed by atoms with E-state index in [2.05, 4.69) is 19.1 Å². The lowest BCUT2D eigenvalue weighted by Gasteiger charge is -2.20. The van der Waals surface area contributed by atoms with Crippen molar-refractivity contribution in [1.29, 1.82) is 0 Å². The van der Waals surface area contributed by atoms with Crippen LogP contribution < -0.4 is 0 Å². The fourth-order valence-corrected chi connectivity index (χ4v) is 2.10. The van der Waals surface area contributed by atoms with Gasteiger partial charge in [0.25, 0.3) is 0 Å². The Kier molecular flexibility index (Phi) is 2.28. The Hall–Kier alpha value is -1.31. The van der Waals surface area contributed by atoms with Crippen LogP contribution in [-0.2, 0) is 4.79 Å². The molecule has 1 fully saturated rings. The van der Waals surface area contributed by atoms with Crippen molar-refractivity contribution < 1.29 is 4.79 Å². The summed E-state index contributed by atoms with van der Waals surface area (Å²) in [6.07, 6.45) is 0.654. The summed E-state index contributed by atoms with van der Waals surface area (Å²) in [4.78, 5) is 13.3. The average Bonchev–Trinajstić information content (AvgIpc) is 2.47. The second-order valence-electron chi connectivity index (χ2n) is 3.97. The number of amides is 1. The van der Waals surface area contributed by atoms with Crippen LogP contribution >= 0.6 is 0 Å². The normalized spacial score (nSPS) is 27.0. The molecule has 2 rings (SSSR count). The molecule has 74 valence electrons. The first-order valence-corrected chi connectivity index (χ1v) is 5.00. The van der Waals surface area contributed by atoms with Crippen molar-refractivity contribution in [2.75, 3.05) is 7.05 Å². The number of carbonyl (C=O) groups excluding carboxylic acids is 1. The van der Waals surface area contributed by atoms with Gasteiger partial charge >= 0.3 is 0 Å². The summed E-state index contributed by atoms with van der Waals surface area (Å²) >= 11 is 0. The molecule has 1 aromatic carbocycles. The molecule has 1 aliphatic rings. The lowest BCUT2D eigenvalue weighted by Crippen LogP contribution is -2.27. The van der Waals surface area contributed by atoms with Crippen molar-refractivity contribution in [2.24, 2.45) is 0 Å². The van der Waals surface area contributed by atoms with Crippen LogP contribution in [0.3, 0.4) is 0 Å². The van der Waals surface area contributed by atoms with Crippen LogP contribution in [0, 0.1) is 0 Å². The molecule has 0 N–H and O–H groups in total. The molecule has 2 nitrogen and oxygen atoms in total. The predicted octanol–water partition coefficient (Wildman–Crippen LogP) is 2.02. The van der Waals surface area contributed by atoms with Gasteiger partial charge in [0.05, 0.1) is 0 Å². The largest absolute Gasteiger partial charge is 0.342 e. The summed E-state index contributed by atoms with van der Waals surface area (Å²) in [5, 5.41) is 0. The monoisotopic (exact) mass is 189 g/mol. The second kappa shape index (κ2) is 3.45. The average molecular weight is 189 g/mol. The molecule has 0 saturated carbocycles. The fraction of sp³-hybridized carbons (Fsp3) is 0.417. The van der Waals surface area contributed by atoms with Gasteiger partial charge in [-0.25, -0.2) is 0 Å². The molecule has 14 heavy (non-hydrogen) atoms. The third kappa shape index (κ3) is 1.41. The molecule has 1 amide bonds. The van der Waals surface area contributed by atoms with Gasteiger partial charge in [-0.3, -0.25) is 4.79 Å². The predicted molar refractivity (Wildman–Crippen MR) is 56.0 cm³/mol. The highest BCUT2D eigenvalue weighted by Crippen LogP contribution is 2.32. The maximum atomic E-state index is 11.5. The highest BCUT2D eigenvalue weighted by atomic mass is 16.2. The molecule has 1 heterocycles. The van der Waals surface area contributed by atoms with Gasteiger partial charge in [-0.05, 0) is 12.5 Å². The minimum absolute atomic E-state index is 0.256. The van der Waals surface area contributed by atoms with Crippen molar-refractivity contribution >= 4 is 5.91 Å². The maximum absolute atomic E-state index is 11.5. The first kappa shape index (κ1) is 9.25. The van der Waals surface area contributed by atoms with Gasteiger partial charge in [-0.1, -0.05) is 30.3 Å². The number of likely N-dealkylation sites (N-methyl/N-ethyl adjacent to an activating group) is 1. The highest BCUT2D eigenvalue weighted by Gasteiger charge is 2.34. The smallest absolute Gasteiger partial charge is 0.223 e. The van der Waals surface area contributed by atoms with E-state index in [4.69, 9.17) is 0 Å². The topological polar surface area (TPSA) is 20.3 Å². The van der Waals surface area contributed by atoms with E-state index in [-0.39, 0.29) is 5.91 Å². The number of likely N-dealkylation sites (tertiary alicyclic amines) is 1. The lowest BCUT2D eigenvalue weighted by molar-refractivity contribution is -0.127. The Labute approximate surface area is 84.5 Å². The van der Waals surface area contributed by atoms with Crippen molar-refractivity contribution in [3.8, 4) is 0 Å². The van der Waals surface area contributed by atoms with Crippen LogP contribution in [0.4, 0.5) is 0 Å². The molecule has 1 aliphatic heterocycles. The van der Waals surface area contributed by atoms with E-state index in [0.717, 1.165) is 0 Å². The Balaban J connectivity index is 2.26. The Bertz CT molecular complexity index is 333. The van der Waals surface area contributed by atoms with Gasteiger partial charge < -0.3 is 4.90 Å². The summed E-state index contributed by atoms with van der Waals surface area (Å²) in [6.45, 7) is 2.11. The van der Waals surface area contributed by atoms with Crippen molar-refractivity contribution in [3.05, 3.63) is 35.9 Å². The van der Waals surface area contributed by atoms with E-state index < -0.39 is 0 Å². The van der Waals surface area contributed by atoms with Gasteiger partial charge in [-0.2, -0.15) is 0 Å². The molecular weight excluding hydrogens is 174 g/mol. The zero-order chi connectivity index (χ0) is 10.1. The van der Waals surface area contributed by atoms with Crippen LogP contribution in [0.15, 0.2) is 30.3 Å². The molecule has 0 radical (unpaired) electrons. The Morgan fingerprint density at radius 2 is 1.93 bits per heavy atom. The van der Waals surface area contributed by atoms with Gasteiger partial charge in [-0.15, -0.1) is 0 Å². The van der Waals surface area contributed by atoms with E-state index in [0.29, 0.717) is 18.4 Å². The zero-order valence-corrected chi connectivity index (χ0v) is 8.60. The maximum Gasteiger partial charge on any atom is 0.223 e. The first-order chi connectivity index (χ1) is 6.70. The molecular formula is C12H15NO. The minimum Gasteiger partial charge on any atom is -0.342 e. The standard InChI is InChI=1S/C12H15NO/c1-9-11(8-12(14)13(9)2)10-6-4-3-5-7-10/h3-7,9,11H,8H2,1-2H3/t9-,11+/m0/s1. The zero-order valence-electron chi connectivity index (χ0n) is 8.60. The van der Waals surface area contributed by atoms with E-state index in [1.165, 1.54) is 5.56 Å². The summed E-state index contributed by atoms with van der Waals surface area (Å²) in [5.41, 5.74) is 1.28. The van der Waals surface area contributed by atoms with Crippen LogP contribution in [0.2, 0.25) is 0 Å². The Morgan fingerprint density at radius 3 is 2.43 bits per heavy atom. The molecule has 1 aromatic rings. The van der Waals surface area contributed by atoms with Crippen molar-refractivity contribution in [1.82, 2.24) is 4.90 Å². The van der Waals surface area contributed by atoms with E-state index in [9.17, 15) is 4.79 Å². The van der Waals surface area contributed by atoms with E-state index in [1.54, 1.807) is 0 Å². The summed E-state index contributed by atoms with van der Waals surface area (Å²) in [7, 11) is 1.88. The quantitative estimate of drug-likeness (QED) is 0.662. The van der Waals surface area contributed by atoms with Crippen LogP contribution in [0.25, 0.3) is 0 Å². The third-order valence-electron chi connectivity index (χ3n) is 3.21. The van der Waals surface area contributed by atoms with Gasteiger partial charge in [0.1, 0.15) is 0 Å². The number of benzene rings is 1. The molecule has 0 bridgehead atoms. The van der Waals surface area contributed by atoms with Crippen molar-refractivity contribution in [2.45, 2.75) is 25.3 Å². The van der Waals surface area contributed by atoms with Crippen LogP contribution in [0.1, 0.15) is 24.8 Å². The molecule has 0 aliphatic carbocycles. The second-order valence-corrected chi connectivity index (χ2v) is 3.97. The molecule has 2 atom stereocenters. The van der Waals surface area contributed by atoms with Gasteiger partial charge in [0.2, 0.25) is 5.91 Å². The summed E-state index contributed by atoms with van der Waals surface area (Å²) < 4.78 is 0. The van der Waals surface area contributed by atoms with Crippen LogP contribution in [0.5, 0.6) is 0 Å². The van der Waals surface area contributed by atoms with Gasteiger partial charge in [0, 0.05) is 25.4 Å². The fourth-order valence-electron chi connectivity index (χ4n) is 2.10. The number of rotatable bonds is 1. The molecule has 2 heteroatoms. The van der Waals surface area contributed by atoms with E-state index >= 15 is 0 Å². The molecule has 0 aromatic heterocycles. The number of hydrogen-bond acceptors (Lipinski definition) is 1. The summed E-state index contributed by atoms with van der Waals surface area (Å²) in [5.74, 6) is 0.625. The molecule has 0 spiro atoms. The van der Waals surface area contributed by atoms with Gasteiger partial charge in [0.15, 0.2) is 0 Å². The lowest BCUT2D eigenvalue weighted by atomic mass is 9.93. The Morgan fingerprint density at radius 1 is 1.29 bits per heavy atom. The van der Waals surface area contributed by atoms with E-state index in [1.807, 2.05) is 30.1 Å². The number of nitrogens with zero attached hydrogens (tertiary/aromatic N) is 1. The van der Waals surface area contributed by atoms with Crippen molar-refractivity contribution in [3.63, 3.8) is 0 Å². The number of hydrogen-bond donors (Lipinski definition) is 0. The molecule has 0 unspecified atom stereocenters. The first-order valence-electron chi connectivity index (χ1n) is 5.00. The highest BCUT2D eigenvalue weighted by molar-refractivity contribution is 5.80. The SMILES string of the molecule is C[C@H]1[C@H](c2ccccc2)CC(=O)N1C.